The first kappa shape index (κ1) is 20.5. The van der Waals surface area contributed by atoms with Gasteiger partial charge in [0.1, 0.15) is 10.9 Å². The Morgan fingerprint density at radius 2 is 1.93 bits per heavy atom. The largest absolute Gasteiger partial charge is 0.454 e. The number of aromatic nitrogens is 3. The molecule has 0 aliphatic heterocycles. The third-order valence-electron chi connectivity index (χ3n) is 4.38. The van der Waals surface area contributed by atoms with E-state index in [9.17, 15) is 13.6 Å². The summed E-state index contributed by atoms with van der Waals surface area (Å²) in [5.41, 5.74) is 2.88. The van der Waals surface area contributed by atoms with E-state index >= 15 is 0 Å². The molecule has 0 atom stereocenters. The highest BCUT2D eigenvalue weighted by Gasteiger charge is 2.20. The monoisotopic (exact) mass is 445 g/mol. The second-order valence-electron chi connectivity index (χ2n) is 6.44. The maximum atomic E-state index is 13.5. The number of esters is 1. The highest BCUT2D eigenvalue weighted by molar-refractivity contribution is 8.00. The molecule has 0 spiro atoms. The van der Waals surface area contributed by atoms with E-state index in [1.807, 2.05) is 24.4 Å². The number of benzene rings is 2. The fourth-order valence-electron chi connectivity index (χ4n) is 3.01. The van der Waals surface area contributed by atoms with Crippen LogP contribution < -0.4 is 0 Å². The molecule has 0 aliphatic rings. The number of carbonyl (C=O) groups excluding carboxylic acids is 1. The number of hydrogen-bond donors (Lipinski definition) is 0. The molecule has 4 aromatic rings. The van der Waals surface area contributed by atoms with Crippen LogP contribution in [0.4, 0.5) is 8.78 Å². The number of ether oxygens (including phenoxy) is 1. The van der Waals surface area contributed by atoms with Crippen LogP contribution in [0.5, 0.6) is 0 Å². The van der Waals surface area contributed by atoms with Crippen LogP contribution in [0.25, 0.3) is 11.0 Å². The lowest BCUT2D eigenvalue weighted by Gasteiger charge is -2.10. The van der Waals surface area contributed by atoms with Crippen molar-refractivity contribution < 1.29 is 18.3 Å². The Morgan fingerprint density at radius 1 is 1.17 bits per heavy atom. The van der Waals surface area contributed by atoms with Gasteiger partial charge in [0.05, 0.1) is 16.6 Å². The van der Waals surface area contributed by atoms with Crippen molar-refractivity contribution in [2.24, 2.45) is 0 Å². The van der Waals surface area contributed by atoms with Gasteiger partial charge in [0.2, 0.25) is 0 Å². The van der Waals surface area contributed by atoms with Crippen LogP contribution in [-0.4, -0.2) is 20.5 Å². The molecule has 154 valence electrons. The Morgan fingerprint density at radius 3 is 2.70 bits per heavy atom. The lowest BCUT2D eigenvalue weighted by atomic mass is 10.1. The molecule has 2 aromatic heterocycles. The molecular weight excluding hydrogens is 428 g/mol. The fraction of sp³-hybridized carbons (Fsp3) is 0.190. The van der Waals surface area contributed by atoms with Crippen molar-refractivity contribution in [3.8, 4) is 0 Å². The first-order chi connectivity index (χ1) is 14.5. The summed E-state index contributed by atoms with van der Waals surface area (Å²) in [7, 11) is 0. The van der Waals surface area contributed by atoms with Gasteiger partial charge in [-0.05, 0) is 30.7 Å². The van der Waals surface area contributed by atoms with Gasteiger partial charge in [0, 0.05) is 16.8 Å². The van der Waals surface area contributed by atoms with E-state index in [2.05, 4.69) is 9.97 Å². The van der Waals surface area contributed by atoms with Crippen LogP contribution in [0, 0.1) is 6.92 Å². The van der Waals surface area contributed by atoms with E-state index in [0.29, 0.717) is 22.3 Å². The van der Waals surface area contributed by atoms with E-state index in [1.54, 1.807) is 47.7 Å². The predicted molar refractivity (Wildman–Crippen MR) is 113 cm³/mol. The quantitative estimate of drug-likeness (QED) is 0.264. The number of carbonyl (C=O) groups is 1. The average Bonchev–Trinajstić information content (AvgIpc) is 3.33. The third-order valence-corrected chi connectivity index (χ3v) is 6.57. The normalized spacial score (nSPS) is 11.3. The second kappa shape index (κ2) is 8.93. The summed E-state index contributed by atoms with van der Waals surface area (Å²) in [6.07, 6.45) is 0. The maximum Gasteiger partial charge on any atom is 0.338 e. The number of imidazole rings is 1. The molecule has 0 saturated heterocycles. The van der Waals surface area contributed by atoms with Crippen LogP contribution in [0.15, 0.2) is 58.3 Å². The molecule has 4 rings (SSSR count). The van der Waals surface area contributed by atoms with E-state index in [1.165, 1.54) is 11.8 Å². The molecule has 0 saturated carbocycles. The number of aryl methyl sites for hydroxylation is 1. The minimum Gasteiger partial charge on any atom is -0.454 e. The van der Waals surface area contributed by atoms with Crippen LogP contribution in [0.3, 0.4) is 0 Å². The van der Waals surface area contributed by atoms with Crippen molar-refractivity contribution in [1.82, 2.24) is 14.5 Å². The Bertz CT molecular complexity index is 1190. The van der Waals surface area contributed by atoms with Crippen molar-refractivity contribution in [2.75, 3.05) is 0 Å². The van der Waals surface area contributed by atoms with Crippen LogP contribution in [0.2, 0.25) is 0 Å². The molecule has 0 bridgehead atoms. The van der Waals surface area contributed by atoms with E-state index in [-0.39, 0.29) is 12.4 Å². The summed E-state index contributed by atoms with van der Waals surface area (Å²) >= 11 is 3.08. The molecule has 5 nitrogen and oxygen atoms in total. The van der Waals surface area contributed by atoms with Gasteiger partial charge >= 0.3 is 12.5 Å². The lowest BCUT2D eigenvalue weighted by Crippen LogP contribution is -2.12. The van der Waals surface area contributed by atoms with E-state index in [4.69, 9.17) is 4.74 Å². The zero-order valence-electron chi connectivity index (χ0n) is 15.9. The fourth-order valence-corrected chi connectivity index (χ4v) is 4.86. The number of thioether (sulfide) groups is 1. The van der Waals surface area contributed by atoms with Crippen LogP contribution >= 0.6 is 23.1 Å². The predicted octanol–water partition coefficient (Wildman–Crippen LogP) is 5.85. The Balaban J connectivity index is 1.50. The zero-order valence-corrected chi connectivity index (χ0v) is 17.6. The first-order valence-corrected chi connectivity index (χ1v) is 10.9. The van der Waals surface area contributed by atoms with Crippen molar-refractivity contribution in [2.45, 2.75) is 30.2 Å². The topological polar surface area (TPSA) is 57.0 Å². The van der Waals surface area contributed by atoms with Gasteiger partial charge in [-0.25, -0.2) is 14.8 Å². The summed E-state index contributed by atoms with van der Waals surface area (Å²) < 4.78 is 34.1. The van der Waals surface area contributed by atoms with Gasteiger partial charge in [-0.2, -0.15) is 8.78 Å². The second-order valence-corrected chi connectivity index (χ2v) is 8.52. The van der Waals surface area contributed by atoms with E-state index < -0.39 is 12.5 Å². The Labute approximate surface area is 179 Å². The van der Waals surface area contributed by atoms with Gasteiger partial charge in [0.25, 0.3) is 0 Å². The number of rotatable bonds is 7. The number of alkyl halides is 2. The number of hydrogen-bond acceptors (Lipinski definition) is 6. The molecule has 0 N–H and O–H groups in total. The summed E-state index contributed by atoms with van der Waals surface area (Å²) in [5.74, 6) is -0.0209. The molecule has 9 heteroatoms. The average molecular weight is 446 g/mol. The molecule has 0 radical (unpaired) electrons. The zero-order chi connectivity index (χ0) is 21.1. The van der Waals surface area contributed by atoms with Crippen molar-refractivity contribution in [1.29, 1.82) is 0 Å². The molecule has 2 heterocycles. The molecule has 2 aromatic carbocycles. The standard InChI is InChI=1S/C21H17F2N3O2S2/c1-13-11-29-21(24-13)30-12-14-6-2-3-7-15(14)19(27)28-10-18-25-16-8-4-5-9-17(16)26(18)20(22)23/h2-9,11,20H,10,12H2,1H3. The van der Waals surface area contributed by atoms with Crippen molar-refractivity contribution in [3.05, 3.63) is 76.6 Å². The van der Waals surface area contributed by atoms with Gasteiger partial charge in [0.15, 0.2) is 5.82 Å². The molecule has 0 aliphatic carbocycles. The number of fused-ring (bicyclic) bond motifs is 1. The lowest BCUT2D eigenvalue weighted by molar-refractivity contribution is 0.0386. The van der Waals surface area contributed by atoms with Crippen molar-refractivity contribution in [3.63, 3.8) is 0 Å². The van der Waals surface area contributed by atoms with Gasteiger partial charge in [-0.1, -0.05) is 42.1 Å². The molecular formula is C21H17F2N3O2S2. The first-order valence-electron chi connectivity index (χ1n) is 9.07. The summed E-state index contributed by atoms with van der Waals surface area (Å²) in [6.45, 7) is -1.19. The third kappa shape index (κ3) is 4.36. The molecule has 0 fully saturated rings. The highest BCUT2D eigenvalue weighted by atomic mass is 32.2. The van der Waals surface area contributed by atoms with Gasteiger partial charge < -0.3 is 4.74 Å². The van der Waals surface area contributed by atoms with Gasteiger partial charge in [-0.3, -0.25) is 4.57 Å². The highest BCUT2D eigenvalue weighted by Crippen LogP contribution is 2.28. The summed E-state index contributed by atoms with van der Waals surface area (Å²) in [6, 6.07) is 13.7. The van der Waals surface area contributed by atoms with Crippen LogP contribution in [-0.2, 0) is 17.1 Å². The number of halogens is 2. The Hall–Kier alpha value is -2.78. The summed E-state index contributed by atoms with van der Waals surface area (Å²) in [5, 5.41) is 1.97. The molecule has 0 unspecified atom stereocenters. The smallest absolute Gasteiger partial charge is 0.338 e. The van der Waals surface area contributed by atoms with Gasteiger partial charge in [-0.15, -0.1) is 11.3 Å². The minimum absolute atomic E-state index is 0.00432. The van der Waals surface area contributed by atoms with Crippen LogP contribution in [0.1, 0.15) is 34.0 Å². The van der Waals surface area contributed by atoms with E-state index in [0.717, 1.165) is 20.2 Å². The number of nitrogens with zero attached hydrogens (tertiary/aromatic N) is 3. The number of thiazole rings is 1. The van der Waals surface area contributed by atoms with Crippen molar-refractivity contribution >= 4 is 40.1 Å². The SMILES string of the molecule is Cc1csc(SCc2ccccc2C(=O)OCc2nc3ccccc3n2C(F)F)n1. The summed E-state index contributed by atoms with van der Waals surface area (Å²) in [4.78, 5) is 21.3. The number of para-hydroxylation sites is 2. The Kier molecular flexibility index (Phi) is 6.10. The minimum atomic E-state index is -2.78. The molecule has 30 heavy (non-hydrogen) atoms. The molecule has 0 amide bonds. The maximum absolute atomic E-state index is 13.5.